The van der Waals surface area contributed by atoms with Crippen LogP contribution in [-0.2, 0) is 18.6 Å². The molecule has 0 saturated carbocycles. The van der Waals surface area contributed by atoms with Gasteiger partial charge >= 0.3 is 14.2 Å². The van der Waals surface area contributed by atoms with Crippen molar-refractivity contribution in [3.63, 3.8) is 0 Å². The largest absolute Gasteiger partial charge is 0.459 e. The Morgan fingerprint density at radius 3 is 2.57 bits per heavy atom. The van der Waals surface area contributed by atoms with Crippen LogP contribution in [0.15, 0.2) is 12.2 Å². The molecule has 0 bridgehead atoms. The molecule has 0 aliphatic carbocycles. The van der Waals surface area contributed by atoms with Gasteiger partial charge in [-0.3, -0.25) is 4.57 Å². The Balaban J connectivity index is 3.89. The van der Waals surface area contributed by atoms with E-state index in [9.17, 15) is 9.36 Å². The van der Waals surface area contributed by atoms with Gasteiger partial charge in [0.1, 0.15) is 12.7 Å². The second-order valence-corrected chi connectivity index (χ2v) is 3.33. The van der Waals surface area contributed by atoms with Gasteiger partial charge in [-0.05, 0) is 6.92 Å². The van der Waals surface area contributed by atoms with Gasteiger partial charge in [-0.2, -0.15) is 0 Å². The smallest absolute Gasteiger partial charge is 0.333 e. The molecule has 0 aromatic rings. The van der Waals surface area contributed by atoms with E-state index in [-0.39, 0.29) is 12.2 Å². The lowest BCUT2D eigenvalue weighted by atomic mass is 10.3. The molecule has 6 nitrogen and oxygen atoms in total. The number of ether oxygens (including phenoxy) is 1. The monoisotopic (exact) mass is 224 g/mol. The van der Waals surface area contributed by atoms with E-state index in [1.165, 1.54) is 6.92 Å². The molecule has 2 atom stereocenters. The number of esters is 1. The van der Waals surface area contributed by atoms with Crippen molar-refractivity contribution in [1.82, 2.24) is 0 Å². The summed E-state index contributed by atoms with van der Waals surface area (Å²) in [6.07, 6.45) is -0.977. The standard InChI is InChI=1S/C7H13O6P/c1-5(2)7(9)12-4-6(3-8)13-14(10)11/h6,8,14H,1,3-4H2,2H3,(H,10,11). The van der Waals surface area contributed by atoms with E-state index in [0.717, 1.165) is 0 Å². The molecule has 7 heteroatoms. The zero-order valence-corrected chi connectivity index (χ0v) is 8.73. The summed E-state index contributed by atoms with van der Waals surface area (Å²) in [5, 5.41) is 8.65. The molecule has 0 aromatic heterocycles. The minimum Gasteiger partial charge on any atom is -0.459 e. The molecule has 0 spiro atoms. The van der Waals surface area contributed by atoms with Crippen LogP contribution in [0.2, 0.25) is 0 Å². The third kappa shape index (κ3) is 5.88. The van der Waals surface area contributed by atoms with Gasteiger partial charge < -0.3 is 19.3 Å². The Kier molecular flexibility index (Phi) is 6.40. The summed E-state index contributed by atoms with van der Waals surface area (Å²) in [5.41, 5.74) is 0.207. The Morgan fingerprint density at radius 1 is 1.64 bits per heavy atom. The zero-order valence-electron chi connectivity index (χ0n) is 7.73. The predicted octanol–water partition coefficient (Wildman–Crippen LogP) is -0.135. The van der Waals surface area contributed by atoms with E-state index in [1.54, 1.807) is 0 Å². The fourth-order valence-electron chi connectivity index (χ4n) is 0.558. The van der Waals surface area contributed by atoms with Crippen molar-refractivity contribution in [3.05, 3.63) is 12.2 Å². The summed E-state index contributed by atoms with van der Waals surface area (Å²) in [6.45, 7) is 4.02. The molecule has 82 valence electrons. The molecule has 0 radical (unpaired) electrons. The first-order valence-corrected chi connectivity index (χ1v) is 5.06. The van der Waals surface area contributed by atoms with Crippen molar-refractivity contribution < 1.29 is 28.6 Å². The van der Waals surface area contributed by atoms with Crippen LogP contribution in [0.5, 0.6) is 0 Å². The van der Waals surface area contributed by atoms with E-state index in [1.807, 2.05) is 0 Å². The van der Waals surface area contributed by atoms with Gasteiger partial charge in [-0.1, -0.05) is 6.58 Å². The molecule has 2 N–H and O–H groups in total. The average molecular weight is 224 g/mol. The van der Waals surface area contributed by atoms with Crippen molar-refractivity contribution in [1.29, 1.82) is 0 Å². The van der Waals surface area contributed by atoms with Crippen LogP contribution < -0.4 is 0 Å². The number of aliphatic hydroxyl groups is 1. The first-order chi connectivity index (χ1) is 6.47. The Labute approximate surface area is 82.1 Å². The number of carbonyl (C=O) groups excluding carboxylic acids is 1. The predicted molar refractivity (Wildman–Crippen MR) is 49.0 cm³/mol. The number of carbonyl (C=O) groups is 1. The van der Waals surface area contributed by atoms with E-state index in [4.69, 9.17) is 10.00 Å². The van der Waals surface area contributed by atoms with Gasteiger partial charge in [0.25, 0.3) is 0 Å². The maximum absolute atomic E-state index is 10.9. The first kappa shape index (κ1) is 13.3. The van der Waals surface area contributed by atoms with Crippen molar-refractivity contribution in [2.24, 2.45) is 0 Å². The third-order valence-electron chi connectivity index (χ3n) is 1.22. The molecular weight excluding hydrogens is 211 g/mol. The zero-order chi connectivity index (χ0) is 11.1. The van der Waals surface area contributed by atoms with Crippen molar-refractivity contribution in [2.75, 3.05) is 13.2 Å². The maximum atomic E-state index is 10.9. The fourth-order valence-corrected chi connectivity index (χ4v) is 0.986. The molecule has 14 heavy (non-hydrogen) atoms. The summed E-state index contributed by atoms with van der Waals surface area (Å²) in [4.78, 5) is 19.2. The van der Waals surface area contributed by atoms with Crippen LogP contribution in [0.25, 0.3) is 0 Å². The lowest BCUT2D eigenvalue weighted by Gasteiger charge is -2.12. The van der Waals surface area contributed by atoms with Gasteiger partial charge in [0, 0.05) is 5.57 Å². The number of aliphatic hydroxyl groups excluding tert-OH is 1. The Morgan fingerprint density at radius 2 is 2.21 bits per heavy atom. The highest BCUT2D eigenvalue weighted by Crippen LogP contribution is 2.18. The molecule has 0 aliphatic rings. The average Bonchev–Trinajstić information content (AvgIpc) is 2.10. The minimum absolute atomic E-state index is 0.207. The molecule has 0 aromatic carbocycles. The van der Waals surface area contributed by atoms with Gasteiger partial charge in [-0.15, -0.1) is 0 Å². The van der Waals surface area contributed by atoms with E-state index >= 15 is 0 Å². The number of rotatable bonds is 6. The highest BCUT2D eigenvalue weighted by atomic mass is 31.1. The summed E-state index contributed by atoms with van der Waals surface area (Å²) in [6, 6.07) is 0. The second kappa shape index (κ2) is 6.73. The summed E-state index contributed by atoms with van der Waals surface area (Å²) in [5.74, 6) is -0.635. The van der Waals surface area contributed by atoms with Crippen molar-refractivity contribution in [3.8, 4) is 0 Å². The van der Waals surface area contributed by atoms with Gasteiger partial charge in [0.2, 0.25) is 0 Å². The van der Waals surface area contributed by atoms with Crippen LogP contribution in [0, 0.1) is 0 Å². The quantitative estimate of drug-likeness (QED) is 0.370. The highest BCUT2D eigenvalue weighted by molar-refractivity contribution is 7.32. The summed E-state index contributed by atoms with van der Waals surface area (Å²) < 4.78 is 19.2. The fraction of sp³-hybridized carbons (Fsp3) is 0.571. The molecule has 0 rings (SSSR count). The van der Waals surface area contributed by atoms with Crippen molar-refractivity contribution in [2.45, 2.75) is 13.0 Å². The van der Waals surface area contributed by atoms with Crippen molar-refractivity contribution >= 4 is 14.2 Å². The molecular formula is C7H13O6P. The van der Waals surface area contributed by atoms with E-state index < -0.39 is 26.9 Å². The molecule has 0 heterocycles. The highest BCUT2D eigenvalue weighted by Gasteiger charge is 2.13. The molecule has 0 fully saturated rings. The van der Waals surface area contributed by atoms with Crippen LogP contribution in [0.3, 0.4) is 0 Å². The van der Waals surface area contributed by atoms with Crippen LogP contribution in [0.1, 0.15) is 6.92 Å². The normalized spacial score (nSPS) is 14.5. The van der Waals surface area contributed by atoms with Gasteiger partial charge in [0.05, 0.1) is 6.61 Å². The van der Waals surface area contributed by atoms with E-state index in [0.29, 0.717) is 0 Å². The van der Waals surface area contributed by atoms with Crippen LogP contribution in [-0.4, -0.2) is 35.3 Å². The lowest BCUT2D eigenvalue weighted by molar-refractivity contribution is -0.142. The SMILES string of the molecule is C=C(C)C(=O)OCC(CO)O[PH](=O)O. The van der Waals surface area contributed by atoms with Crippen LogP contribution in [0.4, 0.5) is 0 Å². The molecule has 0 aliphatic heterocycles. The Hall–Kier alpha value is -0.680. The maximum Gasteiger partial charge on any atom is 0.333 e. The summed E-state index contributed by atoms with van der Waals surface area (Å²) in [7, 11) is -3.14. The lowest BCUT2D eigenvalue weighted by Crippen LogP contribution is -2.23. The van der Waals surface area contributed by atoms with Gasteiger partial charge in [-0.25, -0.2) is 4.79 Å². The topological polar surface area (TPSA) is 93.1 Å². The molecule has 2 unspecified atom stereocenters. The van der Waals surface area contributed by atoms with Gasteiger partial charge in [0.15, 0.2) is 0 Å². The number of hydrogen-bond donors (Lipinski definition) is 2. The first-order valence-electron chi connectivity index (χ1n) is 3.80. The minimum atomic E-state index is -3.14. The third-order valence-corrected chi connectivity index (χ3v) is 1.75. The summed E-state index contributed by atoms with van der Waals surface area (Å²) >= 11 is 0. The second-order valence-electron chi connectivity index (χ2n) is 2.57. The molecule has 0 amide bonds. The Bertz CT molecular complexity index is 238. The number of hydrogen-bond acceptors (Lipinski definition) is 5. The van der Waals surface area contributed by atoms with E-state index in [2.05, 4.69) is 15.8 Å². The van der Waals surface area contributed by atoms with Crippen LogP contribution >= 0.6 is 8.25 Å². The molecule has 0 saturated heterocycles.